The molecule has 4 rings (SSSR count). The van der Waals surface area contributed by atoms with Gasteiger partial charge in [0.15, 0.2) is 22.2 Å². The largest absolute Gasteiger partial charge is 0.497 e. The van der Waals surface area contributed by atoms with Crippen LogP contribution in [0, 0.1) is 0 Å². The molecule has 2 heterocycles. The summed E-state index contributed by atoms with van der Waals surface area (Å²) < 4.78 is 17.6. The fourth-order valence-corrected chi connectivity index (χ4v) is 4.65. The molecule has 1 amide bonds. The van der Waals surface area contributed by atoms with Crippen molar-refractivity contribution in [3.05, 3.63) is 48.2 Å². The molecule has 0 atom stereocenters. The second kappa shape index (κ2) is 10.9. The van der Waals surface area contributed by atoms with E-state index < -0.39 is 0 Å². The van der Waals surface area contributed by atoms with Gasteiger partial charge < -0.3 is 18.8 Å². The zero-order valence-electron chi connectivity index (χ0n) is 19.2. The predicted octanol–water partition coefficient (Wildman–Crippen LogP) is 5.47. The van der Waals surface area contributed by atoms with Crippen LogP contribution in [0.5, 0.6) is 11.5 Å². The summed E-state index contributed by atoms with van der Waals surface area (Å²) in [5, 5.41) is 1.46. The van der Waals surface area contributed by atoms with Gasteiger partial charge >= 0.3 is 0 Å². The lowest BCUT2D eigenvalue weighted by Gasteiger charge is -2.24. The van der Waals surface area contributed by atoms with Gasteiger partial charge in [0.2, 0.25) is 0 Å². The van der Waals surface area contributed by atoms with Crippen molar-refractivity contribution in [1.29, 1.82) is 0 Å². The van der Waals surface area contributed by atoms with Crippen molar-refractivity contribution in [2.24, 2.45) is 0 Å². The van der Waals surface area contributed by atoms with E-state index in [1.54, 1.807) is 25.2 Å². The maximum Gasteiger partial charge on any atom is 0.295 e. The van der Waals surface area contributed by atoms with Gasteiger partial charge in [-0.25, -0.2) is 4.98 Å². The fraction of sp³-hybridized carbons (Fsp3) is 0.333. The molecule has 0 fully saturated rings. The van der Waals surface area contributed by atoms with Gasteiger partial charge in [-0.2, -0.15) is 0 Å². The van der Waals surface area contributed by atoms with E-state index in [2.05, 4.69) is 18.7 Å². The molecule has 9 heteroatoms. The molecule has 2 aromatic heterocycles. The number of nitrogens with zero attached hydrogens (tertiary/aromatic N) is 3. The Bertz CT molecular complexity index is 1240. The molecule has 0 aliphatic rings. The topological polar surface area (TPSA) is 68.0 Å². The molecule has 2 aromatic carbocycles. The molecule has 33 heavy (non-hydrogen) atoms. The number of furan rings is 1. The van der Waals surface area contributed by atoms with Crippen LogP contribution in [-0.4, -0.2) is 56.2 Å². The standard InChI is InChI=1S/C24H27N3O4S.ClH/c1-5-26(6-2)12-13-27(24-25-18-11-10-17(29-3)15-21(18)32-24)23(28)20-14-16-8-7-9-19(30-4)22(16)31-20;/h7-11,14-15H,5-6,12-13H2,1-4H3;1H. The summed E-state index contributed by atoms with van der Waals surface area (Å²) in [5.74, 6) is 1.41. The van der Waals surface area contributed by atoms with E-state index in [9.17, 15) is 4.79 Å². The van der Waals surface area contributed by atoms with Crippen molar-refractivity contribution in [2.45, 2.75) is 13.8 Å². The minimum atomic E-state index is -0.221. The number of carbonyl (C=O) groups is 1. The summed E-state index contributed by atoms with van der Waals surface area (Å²) in [4.78, 5) is 22.3. The molecular weight excluding hydrogens is 462 g/mol. The van der Waals surface area contributed by atoms with Crippen molar-refractivity contribution < 1.29 is 18.7 Å². The number of likely N-dealkylation sites (N-methyl/N-ethyl adjacent to an activating group) is 1. The van der Waals surface area contributed by atoms with E-state index in [0.717, 1.165) is 41.0 Å². The van der Waals surface area contributed by atoms with Crippen molar-refractivity contribution in [1.82, 2.24) is 9.88 Å². The number of amides is 1. The number of carbonyl (C=O) groups excluding carboxylic acids is 1. The smallest absolute Gasteiger partial charge is 0.295 e. The van der Waals surface area contributed by atoms with Crippen LogP contribution in [-0.2, 0) is 0 Å². The first-order chi connectivity index (χ1) is 15.6. The van der Waals surface area contributed by atoms with E-state index in [1.807, 2.05) is 36.4 Å². The van der Waals surface area contributed by atoms with Crippen molar-refractivity contribution in [3.63, 3.8) is 0 Å². The summed E-state index contributed by atoms with van der Waals surface area (Å²) >= 11 is 1.47. The van der Waals surface area contributed by atoms with Gasteiger partial charge in [0.25, 0.3) is 5.91 Å². The highest BCUT2D eigenvalue weighted by Gasteiger charge is 2.25. The average molecular weight is 490 g/mol. The Hall–Kier alpha value is -2.81. The summed E-state index contributed by atoms with van der Waals surface area (Å²) in [6.45, 7) is 7.30. The lowest BCUT2D eigenvalue weighted by atomic mass is 10.2. The van der Waals surface area contributed by atoms with Crippen LogP contribution in [0.15, 0.2) is 46.9 Å². The first kappa shape index (κ1) is 24.8. The van der Waals surface area contributed by atoms with E-state index in [1.165, 1.54) is 11.3 Å². The van der Waals surface area contributed by atoms with Gasteiger partial charge in [0, 0.05) is 18.5 Å². The van der Waals surface area contributed by atoms with Crippen LogP contribution in [0.2, 0.25) is 0 Å². The summed E-state index contributed by atoms with van der Waals surface area (Å²) in [5.41, 5.74) is 1.40. The second-order valence-electron chi connectivity index (χ2n) is 7.30. The van der Waals surface area contributed by atoms with E-state index >= 15 is 0 Å². The third-order valence-electron chi connectivity index (χ3n) is 5.53. The number of benzene rings is 2. The monoisotopic (exact) mass is 489 g/mol. The van der Waals surface area contributed by atoms with Crippen LogP contribution >= 0.6 is 23.7 Å². The van der Waals surface area contributed by atoms with Gasteiger partial charge in [-0.3, -0.25) is 9.69 Å². The normalized spacial score (nSPS) is 11.1. The highest BCUT2D eigenvalue weighted by atomic mass is 35.5. The van der Waals surface area contributed by atoms with Crippen molar-refractivity contribution in [2.75, 3.05) is 45.3 Å². The summed E-state index contributed by atoms with van der Waals surface area (Å²) in [7, 11) is 3.23. The molecular formula is C24H28ClN3O4S. The number of para-hydroxylation sites is 1. The van der Waals surface area contributed by atoms with Crippen LogP contribution in [0.3, 0.4) is 0 Å². The van der Waals surface area contributed by atoms with Crippen LogP contribution in [0.4, 0.5) is 5.13 Å². The predicted molar refractivity (Wildman–Crippen MR) is 136 cm³/mol. The molecule has 4 aromatic rings. The first-order valence-electron chi connectivity index (χ1n) is 10.6. The molecule has 0 saturated heterocycles. The Morgan fingerprint density at radius 2 is 1.85 bits per heavy atom. The van der Waals surface area contributed by atoms with Gasteiger partial charge in [-0.1, -0.05) is 37.3 Å². The molecule has 0 radical (unpaired) electrons. The quantitative estimate of drug-likeness (QED) is 0.310. The van der Waals surface area contributed by atoms with Crippen molar-refractivity contribution in [3.8, 4) is 11.5 Å². The van der Waals surface area contributed by atoms with E-state index in [-0.39, 0.29) is 24.1 Å². The highest BCUT2D eigenvalue weighted by molar-refractivity contribution is 7.22. The molecule has 7 nitrogen and oxygen atoms in total. The summed E-state index contributed by atoms with van der Waals surface area (Å²) in [6.07, 6.45) is 0. The fourth-order valence-electron chi connectivity index (χ4n) is 3.64. The van der Waals surface area contributed by atoms with E-state index in [4.69, 9.17) is 18.9 Å². The minimum absolute atomic E-state index is 0. The molecule has 0 saturated carbocycles. The molecule has 0 aliphatic carbocycles. The Balaban J connectivity index is 0.00000306. The highest BCUT2D eigenvalue weighted by Crippen LogP contribution is 2.34. The molecule has 0 unspecified atom stereocenters. The second-order valence-corrected chi connectivity index (χ2v) is 8.31. The first-order valence-corrected chi connectivity index (χ1v) is 11.4. The maximum absolute atomic E-state index is 13.6. The Labute approximate surface area is 203 Å². The van der Waals surface area contributed by atoms with Gasteiger partial charge in [0.05, 0.1) is 24.4 Å². The molecule has 176 valence electrons. The lowest BCUT2D eigenvalue weighted by Crippen LogP contribution is -2.38. The van der Waals surface area contributed by atoms with Crippen molar-refractivity contribution >= 4 is 56.0 Å². The summed E-state index contributed by atoms with van der Waals surface area (Å²) in [6, 6.07) is 13.1. The Morgan fingerprint density at radius 1 is 1.06 bits per heavy atom. The van der Waals surface area contributed by atoms with Crippen LogP contribution in [0.1, 0.15) is 24.4 Å². The Kier molecular flexibility index (Phi) is 8.18. The zero-order chi connectivity index (χ0) is 22.7. The number of hydrogen-bond acceptors (Lipinski definition) is 7. The number of anilines is 1. The molecule has 0 aliphatic heterocycles. The number of fused-ring (bicyclic) bond motifs is 2. The number of methoxy groups -OCH3 is 2. The minimum Gasteiger partial charge on any atom is -0.497 e. The van der Waals surface area contributed by atoms with Gasteiger partial charge in [-0.15, -0.1) is 12.4 Å². The van der Waals surface area contributed by atoms with Crippen LogP contribution in [0.25, 0.3) is 21.2 Å². The zero-order valence-corrected chi connectivity index (χ0v) is 20.8. The number of rotatable bonds is 9. The molecule has 0 N–H and O–H groups in total. The Morgan fingerprint density at radius 3 is 2.55 bits per heavy atom. The third-order valence-corrected chi connectivity index (χ3v) is 6.57. The SMILES string of the molecule is CCN(CC)CCN(C(=O)c1cc2cccc(OC)c2o1)c1nc2ccc(OC)cc2s1.Cl. The number of thiazole rings is 1. The number of hydrogen-bond donors (Lipinski definition) is 0. The number of aromatic nitrogens is 1. The lowest BCUT2D eigenvalue weighted by molar-refractivity contribution is 0.0959. The maximum atomic E-state index is 13.6. The number of halogens is 1. The third kappa shape index (κ3) is 5.08. The van der Waals surface area contributed by atoms with Gasteiger partial charge in [-0.05, 0) is 43.4 Å². The number of ether oxygens (including phenoxy) is 2. The van der Waals surface area contributed by atoms with E-state index in [0.29, 0.717) is 23.0 Å². The van der Waals surface area contributed by atoms with Crippen LogP contribution < -0.4 is 14.4 Å². The average Bonchev–Trinajstić information content (AvgIpc) is 3.45. The molecule has 0 spiro atoms. The van der Waals surface area contributed by atoms with Gasteiger partial charge in [0.1, 0.15) is 5.75 Å². The molecule has 0 bridgehead atoms.